The lowest BCUT2D eigenvalue weighted by molar-refractivity contribution is 0.0953. The second-order valence-corrected chi connectivity index (χ2v) is 7.17. The number of hydrogen-bond donors (Lipinski definition) is 1. The molecule has 1 aliphatic carbocycles. The molecule has 1 aliphatic heterocycles. The van der Waals surface area contributed by atoms with Gasteiger partial charge in [0.05, 0.1) is 24.5 Å². The molecule has 0 radical (unpaired) electrons. The number of carbonyl (C=O) groups is 1. The molecule has 1 spiro atoms. The van der Waals surface area contributed by atoms with E-state index in [0.29, 0.717) is 42.5 Å². The van der Waals surface area contributed by atoms with Gasteiger partial charge in [-0.2, -0.15) is 5.10 Å². The largest absolute Gasteiger partial charge is 0.477 e. The number of nitrogens with zero attached hydrogens (tertiary/aromatic N) is 5. The van der Waals surface area contributed by atoms with Crippen LogP contribution in [0.1, 0.15) is 35.2 Å². The molecular weight excluding hydrogens is 363 g/mol. The van der Waals surface area contributed by atoms with Crippen molar-refractivity contribution in [2.45, 2.75) is 24.8 Å². The molecule has 0 aromatic carbocycles. The van der Waals surface area contributed by atoms with Crippen molar-refractivity contribution < 1.29 is 13.9 Å². The molecule has 0 saturated heterocycles. The average Bonchev–Trinajstić information content (AvgIpc) is 3.40. The Hall–Kier alpha value is -3.23. The first kappa shape index (κ1) is 16.9. The number of ether oxygens (including phenoxy) is 1. The van der Waals surface area contributed by atoms with Crippen molar-refractivity contribution in [1.29, 1.82) is 0 Å². The summed E-state index contributed by atoms with van der Waals surface area (Å²) in [4.78, 5) is 23.4. The smallest absolute Gasteiger partial charge is 0.256 e. The van der Waals surface area contributed by atoms with Crippen LogP contribution in [-0.4, -0.2) is 45.7 Å². The summed E-state index contributed by atoms with van der Waals surface area (Å²) in [5.41, 5.74) is 1.21. The van der Waals surface area contributed by atoms with Crippen LogP contribution in [0.25, 0.3) is 5.65 Å². The number of hydrogen-bond acceptors (Lipinski definition) is 6. The van der Waals surface area contributed by atoms with Gasteiger partial charge in [0.25, 0.3) is 5.91 Å². The summed E-state index contributed by atoms with van der Waals surface area (Å²) >= 11 is 0. The summed E-state index contributed by atoms with van der Waals surface area (Å²) in [6.45, 7) is 0.816. The fourth-order valence-electron chi connectivity index (χ4n) is 3.74. The summed E-state index contributed by atoms with van der Waals surface area (Å²) in [6, 6.07) is 3.34. The molecule has 2 aliphatic rings. The number of nitrogens with one attached hydrogen (secondary N) is 1. The van der Waals surface area contributed by atoms with E-state index in [1.54, 1.807) is 10.7 Å². The highest BCUT2D eigenvalue weighted by Gasteiger charge is 2.51. The van der Waals surface area contributed by atoms with Crippen molar-refractivity contribution in [3.05, 3.63) is 47.7 Å². The van der Waals surface area contributed by atoms with Gasteiger partial charge in [-0.15, -0.1) is 0 Å². The van der Waals surface area contributed by atoms with E-state index in [-0.39, 0.29) is 5.91 Å². The summed E-state index contributed by atoms with van der Waals surface area (Å²) in [6.07, 6.45) is 6.74. The topological polar surface area (TPSA) is 84.7 Å². The van der Waals surface area contributed by atoms with Gasteiger partial charge in [0, 0.05) is 25.4 Å². The summed E-state index contributed by atoms with van der Waals surface area (Å²) in [5.74, 6) is 0.491. The van der Waals surface area contributed by atoms with Gasteiger partial charge in [0.2, 0.25) is 5.88 Å². The Morgan fingerprint density at radius 1 is 1.32 bits per heavy atom. The monoisotopic (exact) mass is 382 g/mol. The van der Waals surface area contributed by atoms with Crippen LogP contribution in [0.3, 0.4) is 0 Å². The predicted octanol–water partition coefficient (Wildman–Crippen LogP) is 1.90. The lowest BCUT2D eigenvalue weighted by Gasteiger charge is -2.30. The maximum Gasteiger partial charge on any atom is 0.256 e. The molecule has 5 rings (SSSR count). The normalized spacial score (nSPS) is 18.5. The molecule has 4 heterocycles. The van der Waals surface area contributed by atoms with E-state index in [0.717, 1.165) is 18.4 Å². The second-order valence-electron chi connectivity index (χ2n) is 7.17. The van der Waals surface area contributed by atoms with E-state index in [4.69, 9.17) is 4.74 Å². The van der Waals surface area contributed by atoms with E-state index < -0.39 is 11.4 Å². The number of fused-ring (bicyclic) bond motifs is 3. The van der Waals surface area contributed by atoms with E-state index >= 15 is 0 Å². The third kappa shape index (κ3) is 2.57. The molecular formula is C19H19FN6O2. The Bertz CT molecular complexity index is 1080. The Kier molecular flexibility index (Phi) is 3.71. The highest BCUT2D eigenvalue weighted by molar-refractivity contribution is 5.99. The molecule has 2 bridgehead atoms. The van der Waals surface area contributed by atoms with Crippen LogP contribution in [0.2, 0.25) is 0 Å². The minimum Gasteiger partial charge on any atom is -0.477 e. The highest BCUT2D eigenvalue weighted by atomic mass is 19.1. The molecule has 1 saturated carbocycles. The van der Waals surface area contributed by atoms with Gasteiger partial charge in [0.15, 0.2) is 5.65 Å². The van der Waals surface area contributed by atoms with E-state index in [9.17, 15) is 9.18 Å². The molecule has 0 atom stereocenters. The first-order valence-electron chi connectivity index (χ1n) is 9.24. The number of amides is 1. The van der Waals surface area contributed by atoms with Gasteiger partial charge in [-0.1, -0.05) is 0 Å². The van der Waals surface area contributed by atoms with Crippen LogP contribution in [0.4, 0.5) is 10.2 Å². The number of aromatic nitrogens is 4. The van der Waals surface area contributed by atoms with E-state index in [1.807, 2.05) is 18.0 Å². The van der Waals surface area contributed by atoms with Crippen LogP contribution in [0.5, 0.6) is 5.88 Å². The Labute approximate surface area is 160 Å². The predicted molar refractivity (Wildman–Crippen MR) is 98.9 cm³/mol. The SMILES string of the molecule is CN1c2ccn3ncc(c3n2)C(=O)NCCCOc2ncc(F)cc2C12CC2. The molecule has 1 N–H and O–H groups in total. The Morgan fingerprint density at radius 2 is 2.18 bits per heavy atom. The van der Waals surface area contributed by atoms with Crippen LogP contribution in [0.15, 0.2) is 30.7 Å². The summed E-state index contributed by atoms with van der Waals surface area (Å²) < 4.78 is 21.5. The minimum atomic E-state index is -0.428. The van der Waals surface area contributed by atoms with Gasteiger partial charge in [-0.3, -0.25) is 4.79 Å². The van der Waals surface area contributed by atoms with Crippen LogP contribution in [-0.2, 0) is 5.54 Å². The molecule has 8 nitrogen and oxygen atoms in total. The zero-order valence-corrected chi connectivity index (χ0v) is 15.4. The Morgan fingerprint density at radius 3 is 3.00 bits per heavy atom. The van der Waals surface area contributed by atoms with Crippen molar-refractivity contribution in [2.24, 2.45) is 0 Å². The minimum absolute atomic E-state index is 0.221. The molecule has 3 aromatic heterocycles. The van der Waals surface area contributed by atoms with E-state index in [1.165, 1.54) is 18.5 Å². The fraction of sp³-hybridized carbons (Fsp3) is 0.368. The zero-order chi connectivity index (χ0) is 19.3. The van der Waals surface area contributed by atoms with Crippen molar-refractivity contribution in [3.8, 4) is 5.88 Å². The second kappa shape index (κ2) is 6.15. The molecule has 1 amide bonds. The molecule has 9 heteroatoms. The molecule has 144 valence electrons. The van der Waals surface area contributed by atoms with Crippen molar-refractivity contribution in [1.82, 2.24) is 24.9 Å². The first-order chi connectivity index (χ1) is 13.6. The summed E-state index contributed by atoms with van der Waals surface area (Å²) in [5, 5.41) is 7.08. The lowest BCUT2D eigenvalue weighted by atomic mass is 10.0. The summed E-state index contributed by atoms with van der Waals surface area (Å²) in [7, 11) is 1.92. The van der Waals surface area contributed by atoms with Crippen molar-refractivity contribution >= 4 is 17.4 Å². The van der Waals surface area contributed by atoms with Gasteiger partial charge >= 0.3 is 0 Å². The first-order valence-corrected chi connectivity index (χ1v) is 9.24. The van der Waals surface area contributed by atoms with Crippen LogP contribution < -0.4 is 15.0 Å². The van der Waals surface area contributed by atoms with Crippen LogP contribution >= 0.6 is 0 Å². The number of halogens is 1. The number of carbonyl (C=O) groups excluding carboxylic acids is 1. The fourth-order valence-corrected chi connectivity index (χ4v) is 3.74. The quantitative estimate of drug-likeness (QED) is 0.639. The van der Waals surface area contributed by atoms with E-state index in [2.05, 4.69) is 20.4 Å². The van der Waals surface area contributed by atoms with Crippen molar-refractivity contribution in [2.75, 3.05) is 25.1 Å². The van der Waals surface area contributed by atoms with Gasteiger partial charge in [-0.05, 0) is 31.4 Å². The average molecular weight is 382 g/mol. The van der Waals surface area contributed by atoms with Crippen molar-refractivity contribution in [3.63, 3.8) is 0 Å². The van der Waals surface area contributed by atoms with Gasteiger partial charge in [0.1, 0.15) is 17.2 Å². The highest BCUT2D eigenvalue weighted by Crippen LogP contribution is 2.54. The Balaban J connectivity index is 1.66. The number of rotatable bonds is 0. The molecule has 3 aromatic rings. The zero-order valence-electron chi connectivity index (χ0n) is 15.4. The van der Waals surface area contributed by atoms with Crippen LogP contribution in [0, 0.1) is 5.82 Å². The lowest BCUT2D eigenvalue weighted by Crippen LogP contribution is -2.33. The molecule has 1 fully saturated rings. The maximum absolute atomic E-state index is 14.0. The maximum atomic E-state index is 14.0. The number of pyridine rings is 1. The van der Waals surface area contributed by atoms with Gasteiger partial charge < -0.3 is 15.0 Å². The third-order valence-corrected chi connectivity index (χ3v) is 5.47. The molecule has 28 heavy (non-hydrogen) atoms. The third-order valence-electron chi connectivity index (χ3n) is 5.47. The molecule has 0 unspecified atom stereocenters. The standard InChI is InChI=1S/C19H19FN6O2/c1-25-15-3-7-26-16(24-15)13(11-23-26)17(27)21-6-2-8-28-18-14(19(25)4-5-19)9-12(20)10-22-18/h3,7,9-11H,2,4-6,8H2,1H3,(H,21,27). The van der Waals surface area contributed by atoms with Gasteiger partial charge in [-0.25, -0.2) is 18.9 Å². The number of anilines is 1.